The molecule has 2 aliphatic heterocycles. The van der Waals surface area contributed by atoms with Crippen LogP contribution >= 0.6 is 0 Å². The molecule has 2 rings (SSSR count). The Hall–Kier alpha value is -3.12. The third-order valence-corrected chi connectivity index (χ3v) is 4.04. The molecule has 0 spiro atoms. The highest BCUT2D eigenvalue weighted by Gasteiger charge is 2.51. The standard InChI is InChI=1S/C15H20O10.C5H8O2/c1-8(2)13(16)20-4-5-21-15(18)25-10-7-23-11-9(6-22-12(10)11)24-14(17)19-3;1-4(2)5(6)7-3/h9-12H,1,4-7H2,2-3H3;1H2,2-3H3/t9?,10-,11+,12?;/m0./s1. The largest absolute Gasteiger partial charge is 0.508 e. The zero-order valence-electron chi connectivity index (χ0n) is 18.5. The van der Waals surface area contributed by atoms with Gasteiger partial charge in [0.1, 0.15) is 25.4 Å². The van der Waals surface area contributed by atoms with Crippen molar-refractivity contribution >= 4 is 24.2 Å². The van der Waals surface area contributed by atoms with Crippen molar-refractivity contribution in [1.82, 2.24) is 0 Å². The lowest BCUT2D eigenvalue weighted by Crippen LogP contribution is -2.36. The molecule has 0 amide bonds. The topological polar surface area (TPSA) is 142 Å². The van der Waals surface area contributed by atoms with Crippen molar-refractivity contribution in [2.45, 2.75) is 38.3 Å². The van der Waals surface area contributed by atoms with E-state index in [-0.39, 0.29) is 38.0 Å². The second kappa shape index (κ2) is 13.3. The van der Waals surface area contributed by atoms with Gasteiger partial charge in [0.15, 0.2) is 12.2 Å². The van der Waals surface area contributed by atoms with Crippen LogP contribution in [0.2, 0.25) is 0 Å². The Kier molecular flexibility index (Phi) is 11.2. The van der Waals surface area contributed by atoms with Crippen LogP contribution in [0, 0.1) is 0 Å². The Labute approximate surface area is 185 Å². The number of fused-ring (bicyclic) bond motifs is 1. The van der Waals surface area contributed by atoms with E-state index in [0.29, 0.717) is 5.57 Å². The van der Waals surface area contributed by atoms with Crippen LogP contribution in [0.1, 0.15) is 13.8 Å². The quantitative estimate of drug-likeness (QED) is 0.234. The minimum absolute atomic E-state index is 0.0795. The van der Waals surface area contributed by atoms with E-state index in [1.54, 1.807) is 6.92 Å². The molecule has 0 bridgehead atoms. The van der Waals surface area contributed by atoms with Gasteiger partial charge in [0.25, 0.3) is 0 Å². The van der Waals surface area contributed by atoms with Gasteiger partial charge in [-0.25, -0.2) is 19.2 Å². The summed E-state index contributed by atoms with van der Waals surface area (Å²) in [5.74, 6) is -0.917. The monoisotopic (exact) mass is 460 g/mol. The summed E-state index contributed by atoms with van der Waals surface area (Å²) in [7, 11) is 2.53. The zero-order valence-corrected chi connectivity index (χ0v) is 18.5. The van der Waals surface area contributed by atoms with Crippen molar-refractivity contribution in [1.29, 1.82) is 0 Å². The van der Waals surface area contributed by atoms with Gasteiger partial charge in [0.2, 0.25) is 0 Å². The maximum absolute atomic E-state index is 11.7. The number of ether oxygens (including phenoxy) is 8. The molecule has 2 aliphatic rings. The smallest absolute Gasteiger partial charge is 0.466 e. The van der Waals surface area contributed by atoms with Gasteiger partial charge in [0, 0.05) is 11.1 Å². The van der Waals surface area contributed by atoms with Gasteiger partial charge < -0.3 is 37.9 Å². The molecule has 2 fully saturated rings. The summed E-state index contributed by atoms with van der Waals surface area (Å²) in [6, 6.07) is 0. The van der Waals surface area contributed by atoms with Gasteiger partial charge in [0.05, 0.1) is 27.4 Å². The Balaban J connectivity index is 0.000000633. The minimum atomic E-state index is -0.943. The molecule has 0 radical (unpaired) electrons. The average molecular weight is 460 g/mol. The predicted molar refractivity (Wildman–Crippen MR) is 106 cm³/mol. The maximum Gasteiger partial charge on any atom is 0.508 e. The lowest BCUT2D eigenvalue weighted by Gasteiger charge is -2.16. The van der Waals surface area contributed by atoms with Crippen LogP contribution in [0.5, 0.6) is 0 Å². The van der Waals surface area contributed by atoms with Crippen molar-refractivity contribution < 1.29 is 57.1 Å². The van der Waals surface area contributed by atoms with E-state index >= 15 is 0 Å². The van der Waals surface area contributed by atoms with Crippen LogP contribution < -0.4 is 0 Å². The summed E-state index contributed by atoms with van der Waals surface area (Å²) in [6.07, 6.45) is -4.23. The lowest BCUT2D eigenvalue weighted by atomic mass is 10.1. The molecule has 2 saturated heterocycles. The van der Waals surface area contributed by atoms with Crippen molar-refractivity contribution in [2.24, 2.45) is 0 Å². The van der Waals surface area contributed by atoms with E-state index in [4.69, 9.17) is 28.4 Å². The van der Waals surface area contributed by atoms with Crippen LogP contribution in [0.25, 0.3) is 0 Å². The van der Waals surface area contributed by atoms with Gasteiger partial charge >= 0.3 is 24.2 Å². The number of rotatable bonds is 7. The Morgan fingerprint density at radius 2 is 1.22 bits per heavy atom. The average Bonchev–Trinajstić information content (AvgIpc) is 3.33. The van der Waals surface area contributed by atoms with E-state index in [2.05, 4.69) is 22.6 Å². The molecule has 0 aromatic heterocycles. The molecule has 0 aliphatic carbocycles. The van der Waals surface area contributed by atoms with E-state index in [1.165, 1.54) is 21.1 Å². The second-order valence-electron chi connectivity index (χ2n) is 6.65. The Morgan fingerprint density at radius 3 is 1.62 bits per heavy atom. The molecule has 12 nitrogen and oxygen atoms in total. The fraction of sp³-hybridized carbons (Fsp3) is 0.600. The van der Waals surface area contributed by atoms with Crippen LogP contribution in [-0.2, 0) is 47.5 Å². The van der Waals surface area contributed by atoms with Crippen molar-refractivity contribution in [2.75, 3.05) is 40.6 Å². The Bertz CT molecular complexity index is 715. The number of hydrogen-bond donors (Lipinski definition) is 0. The molecule has 12 heteroatoms. The van der Waals surface area contributed by atoms with Gasteiger partial charge in [-0.2, -0.15) is 0 Å². The number of hydrogen-bond acceptors (Lipinski definition) is 12. The lowest BCUT2D eigenvalue weighted by molar-refractivity contribution is -0.140. The molecule has 0 aromatic carbocycles. The van der Waals surface area contributed by atoms with E-state index < -0.39 is 42.7 Å². The molecule has 0 saturated carbocycles. The second-order valence-corrected chi connectivity index (χ2v) is 6.65. The molecule has 2 unspecified atom stereocenters. The summed E-state index contributed by atoms with van der Waals surface area (Å²) in [4.78, 5) is 44.1. The molecule has 2 heterocycles. The molecule has 0 N–H and O–H groups in total. The van der Waals surface area contributed by atoms with Gasteiger partial charge in [-0.3, -0.25) is 0 Å². The summed E-state index contributed by atoms with van der Waals surface area (Å²) in [5.41, 5.74) is 0.682. The number of carbonyl (C=O) groups excluding carboxylic acids is 4. The minimum Gasteiger partial charge on any atom is -0.466 e. The van der Waals surface area contributed by atoms with Crippen molar-refractivity contribution in [3.63, 3.8) is 0 Å². The predicted octanol–water partition coefficient (Wildman–Crippen LogP) is 1.31. The first kappa shape index (κ1) is 26.9. The van der Waals surface area contributed by atoms with E-state index in [1.807, 2.05) is 0 Å². The van der Waals surface area contributed by atoms with Gasteiger partial charge in [-0.1, -0.05) is 13.2 Å². The number of esters is 2. The van der Waals surface area contributed by atoms with Crippen LogP contribution in [0.15, 0.2) is 24.3 Å². The molecular formula is C20H28O12. The summed E-state index contributed by atoms with van der Waals surface area (Å²) in [6.45, 7) is 9.80. The normalized spacial score (nSPS) is 22.9. The number of carbonyl (C=O) groups is 4. The summed E-state index contributed by atoms with van der Waals surface area (Å²) < 4.78 is 39.3. The SMILES string of the molecule is C=C(C)C(=O)OC.C=C(C)C(=O)OCCOC(=O)O[C@H]1CO[C@@H]2C(OC(=O)OC)COC21. The summed E-state index contributed by atoms with van der Waals surface area (Å²) in [5, 5.41) is 0. The van der Waals surface area contributed by atoms with Gasteiger partial charge in [-0.15, -0.1) is 0 Å². The van der Waals surface area contributed by atoms with Crippen molar-refractivity contribution in [3.05, 3.63) is 24.3 Å². The highest BCUT2D eigenvalue weighted by atomic mass is 16.8. The van der Waals surface area contributed by atoms with Crippen molar-refractivity contribution in [3.8, 4) is 0 Å². The van der Waals surface area contributed by atoms with E-state index in [0.717, 1.165) is 0 Å². The summed E-state index contributed by atoms with van der Waals surface area (Å²) >= 11 is 0. The number of methoxy groups -OCH3 is 2. The first-order chi connectivity index (χ1) is 15.1. The fourth-order valence-corrected chi connectivity index (χ4v) is 2.52. The first-order valence-electron chi connectivity index (χ1n) is 9.48. The Morgan fingerprint density at radius 1 is 0.750 bits per heavy atom. The van der Waals surface area contributed by atoms with Gasteiger partial charge in [-0.05, 0) is 13.8 Å². The van der Waals surface area contributed by atoms with Crippen LogP contribution in [-0.4, -0.2) is 89.3 Å². The third-order valence-electron chi connectivity index (χ3n) is 4.04. The molecular weight excluding hydrogens is 432 g/mol. The molecule has 4 atom stereocenters. The maximum atomic E-state index is 11.7. The van der Waals surface area contributed by atoms with E-state index in [9.17, 15) is 19.2 Å². The molecule has 0 aromatic rings. The first-order valence-corrected chi connectivity index (χ1v) is 9.48. The zero-order chi connectivity index (χ0) is 24.3. The highest BCUT2D eigenvalue weighted by Crippen LogP contribution is 2.30. The van der Waals surface area contributed by atoms with Crippen LogP contribution in [0.4, 0.5) is 9.59 Å². The molecule has 32 heavy (non-hydrogen) atoms. The third kappa shape index (κ3) is 8.55. The van der Waals surface area contributed by atoms with Crippen LogP contribution in [0.3, 0.4) is 0 Å². The molecule has 180 valence electrons. The fourth-order valence-electron chi connectivity index (χ4n) is 2.52. The highest BCUT2D eigenvalue weighted by molar-refractivity contribution is 5.87.